The monoisotopic (exact) mass is 282 g/mol. The van der Waals surface area contributed by atoms with Crippen LogP contribution in [-0.4, -0.2) is 51.7 Å². The summed E-state index contributed by atoms with van der Waals surface area (Å²) in [4.78, 5) is 14.2. The first kappa shape index (κ1) is 14.0. The number of hydrogen-bond donors (Lipinski definition) is 1. The number of carbonyl (C=O) groups excluding carboxylic acids is 1. The third kappa shape index (κ3) is 3.13. The minimum absolute atomic E-state index is 0.140. The maximum atomic E-state index is 12.3. The van der Waals surface area contributed by atoms with Crippen LogP contribution in [0.4, 0.5) is 0 Å². The Labute approximate surface area is 113 Å². The number of amides is 1. The second-order valence-corrected chi connectivity index (χ2v) is 6.88. The molecule has 2 rings (SSSR count). The topological polar surface area (TPSA) is 66.5 Å². The van der Waals surface area contributed by atoms with E-state index in [1.807, 2.05) is 0 Å². The zero-order valence-electron chi connectivity index (χ0n) is 11.1. The van der Waals surface area contributed by atoms with Gasteiger partial charge in [-0.25, -0.2) is 8.42 Å². The average Bonchev–Trinajstić information content (AvgIpc) is 2.90. The molecule has 1 atom stereocenters. The number of hydrogen-bond acceptors (Lipinski definition) is 4. The molecular weight excluding hydrogens is 264 g/mol. The fraction of sp³-hybridized carbons (Fsp3) is 0.462. The van der Waals surface area contributed by atoms with Crippen molar-refractivity contribution in [2.24, 2.45) is 0 Å². The molecule has 0 bridgehead atoms. The standard InChI is InChI=1S/C13H18N2O3S/c1-15(11-6-7-14-9-11)13(16)10-4-3-5-12(8-10)19(2,17)18/h3-5,8,11,14H,6-7,9H2,1-2H3. The van der Waals surface area contributed by atoms with Gasteiger partial charge in [-0.3, -0.25) is 4.79 Å². The van der Waals surface area contributed by atoms with Gasteiger partial charge in [0.2, 0.25) is 0 Å². The molecule has 0 saturated carbocycles. The summed E-state index contributed by atoms with van der Waals surface area (Å²) in [7, 11) is -1.53. The Kier molecular flexibility index (Phi) is 3.91. The van der Waals surface area contributed by atoms with Gasteiger partial charge in [-0.1, -0.05) is 6.07 Å². The summed E-state index contributed by atoms with van der Waals surface area (Å²) in [5.41, 5.74) is 0.414. The van der Waals surface area contributed by atoms with Crippen LogP contribution in [0.1, 0.15) is 16.8 Å². The van der Waals surface area contributed by atoms with Crippen molar-refractivity contribution < 1.29 is 13.2 Å². The SMILES string of the molecule is CN(C(=O)c1cccc(S(C)(=O)=O)c1)C1CCNC1. The number of nitrogens with one attached hydrogen (secondary N) is 1. The van der Waals surface area contributed by atoms with Crippen molar-refractivity contribution in [3.05, 3.63) is 29.8 Å². The number of sulfone groups is 1. The maximum Gasteiger partial charge on any atom is 0.253 e. The first-order chi connectivity index (χ1) is 8.89. The predicted molar refractivity (Wildman–Crippen MR) is 72.9 cm³/mol. The van der Waals surface area contributed by atoms with Crippen molar-refractivity contribution >= 4 is 15.7 Å². The highest BCUT2D eigenvalue weighted by molar-refractivity contribution is 7.90. The Morgan fingerprint density at radius 3 is 2.74 bits per heavy atom. The molecular formula is C13H18N2O3S. The lowest BCUT2D eigenvalue weighted by Gasteiger charge is -2.23. The van der Waals surface area contributed by atoms with E-state index in [1.165, 1.54) is 12.1 Å². The zero-order valence-corrected chi connectivity index (χ0v) is 11.9. The van der Waals surface area contributed by atoms with Crippen LogP contribution < -0.4 is 5.32 Å². The summed E-state index contributed by atoms with van der Waals surface area (Å²) in [5.74, 6) is -0.140. The third-order valence-corrected chi connectivity index (χ3v) is 4.52. The summed E-state index contributed by atoms with van der Waals surface area (Å²) in [6, 6.07) is 6.37. The van der Waals surface area contributed by atoms with Crippen molar-refractivity contribution in [3.63, 3.8) is 0 Å². The van der Waals surface area contributed by atoms with Crippen LogP contribution in [0.3, 0.4) is 0 Å². The smallest absolute Gasteiger partial charge is 0.253 e. The van der Waals surface area contributed by atoms with Crippen LogP contribution in [0.5, 0.6) is 0 Å². The van der Waals surface area contributed by atoms with Gasteiger partial charge in [-0.05, 0) is 31.2 Å². The fourth-order valence-electron chi connectivity index (χ4n) is 2.20. The molecule has 1 aromatic carbocycles. The number of carbonyl (C=O) groups is 1. The van der Waals surface area contributed by atoms with Gasteiger partial charge < -0.3 is 10.2 Å². The molecule has 1 aliphatic heterocycles. The predicted octanol–water partition coefficient (Wildman–Crippen LogP) is 0.524. The van der Waals surface area contributed by atoms with E-state index in [-0.39, 0.29) is 16.8 Å². The number of rotatable bonds is 3. The van der Waals surface area contributed by atoms with E-state index < -0.39 is 9.84 Å². The molecule has 1 heterocycles. The lowest BCUT2D eigenvalue weighted by molar-refractivity contribution is 0.0743. The molecule has 1 aliphatic rings. The first-order valence-electron chi connectivity index (χ1n) is 6.17. The normalized spacial score (nSPS) is 19.4. The Bertz CT molecular complexity index is 577. The second kappa shape index (κ2) is 5.30. The molecule has 1 fully saturated rings. The van der Waals surface area contributed by atoms with Crippen LogP contribution in [0.2, 0.25) is 0 Å². The van der Waals surface area contributed by atoms with Crippen molar-refractivity contribution in [2.75, 3.05) is 26.4 Å². The Balaban J connectivity index is 2.24. The summed E-state index contributed by atoms with van der Waals surface area (Å²) < 4.78 is 23.0. The van der Waals surface area contributed by atoms with Crippen LogP contribution in [0, 0.1) is 0 Å². The van der Waals surface area contributed by atoms with Crippen molar-refractivity contribution in [3.8, 4) is 0 Å². The van der Waals surface area contributed by atoms with Crippen LogP contribution in [-0.2, 0) is 9.84 Å². The molecule has 0 aliphatic carbocycles. The van der Waals surface area contributed by atoms with Gasteiger partial charge in [0.15, 0.2) is 9.84 Å². The Morgan fingerprint density at radius 1 is 1.42 bits per heavy atom. The van der Waals surface area contributed by atoms with Crippen molar-refractivity contribution in [1.29, 1.82) is 0 Å². The van der Waals surface area contributed by atoms with Crippen LogP contribution in [0.15, 0.2) is 29.2 Å². The first-order valence-corrected chi connectivity index (χ1v) is 8.07. The highest BCUT2D eigenvalue weighted by atomic mass is 32.2. The fourth-order valence-corrected chi connectivity index (χ4v) is 2.87. The second-order valence-electron chi connectivity index (χ2n) is 4.86. The lowest BCUT2D eigenvalue weighted by atomic mass is 10.1. The largest absolute Gasteiger partial charge is 0.337 e. The van der Waals surface area contributed by atoms with Gasteiger partial charge in [0, 0.05) is 31.5 Å². The Morgan fingerprint density at radius 2 is 2.16 bits per heavy atom. The molecule has 1 aromatic rings. The molecule has 1 unspecified atom stereocenters. The zero-order chi connectivity index (χ0) is 14.0. The highest BCUT2D eigenvalue weighted by Crippen LogP contribution is 2.15. The summed E-state index contributed by atoms with van der Waals surface area (Å²) >= 11 is 0. The van der Waals surface area contributed by atoms with E-state index >= 15 is 0 Å². The van der Waals surface area contributed by atoms with Gasteiger partial charge >= 0.3 is 0 Å². The lowest BCUT2D eigenvalue weighted by Crippen LogP contribution is -2.38. The van der Waals surface area contributed by atoms with Gasteiger partial charge in [-0.2, -0.15) is 0 Å². The van der Waals surface area contributed by atoms with E-state index in [0.717, 1.165) is 25.8 Å². The quantitative estimate of drug-likeness (QED) is 0.878. The van der Waals surface area contributed by atoms with Gasteiger partial charge in [-0.15, -0.1) is 0 Å². The van der Waals surface area contributed by atoms with E-state index in [0.29, 0.717) is 5.56 Å². The van der Waals surface area contributed by atoms with E-state index in [2.05, 4.69) is 5.32 Å². The van der Waals surface area contributed by atoms with Gasteiger partial charge in [0.25, 0.3) is 5.91 Å². The molecule has 104 valence electrons. The van der Waals surface area contributed by atoms with E-state index in [4.69, 9.17) is 0 Å². The molecule has 1 saturated heterocycles. The Hall–Kier alpha value is -1.40. The van der Waals surface area contributed by atoms with Gasteiger partial charge in [0.05, 0.1) is 4.90 Å². The van der Waals surface area contributed by atoms with Crippen molar-refractivity contribution in [1.82, 2.24) is 10.2 Å². The molecule has 1 N–H and O–H groups in total. The summed E-state index contributed by atoms with van der Waals surface area (Å²) in [5, 5.41) is 3.21. The molecule has 19 heavy (non-hydrogen) atoms. The number of nitrogens with zero attached hydrogens (tertiary/aromatic N) is 1. The molecule has 1 amide bonds. The molecule has 0 aromatic heterocycles. The maximum absolute atomic E-state index is 12.3. The van der Waals surface area contributed by atoms with E-state index in [1.54, 1.807) is 24.1 Å². The third-order valence-electron chi connectivity index (χ3n) is 3.41. The highest BCUT2D eigenvalue weighted by Gasteiger charge is 2.24. The number of benzene rings is 1. The average molecular weight is 282 g/mol. The summed E-state index contributed by atoms with van der Waals surface area (Å²) in [6.07, 6.45) is 2.06. The van der Waals surface area contributed by atoms with Gasteiger partial charge in [0.1, 0.15) is 0 Å². The van der Waals surface area contributed by atoms with Crippen LogP contribution in [0.25, 0.3) is 0 Å². The van der Waals surface area contributed by atoms with E-state index in [9.17, 15) is 13.2 Å². The molecule has 6 heteroatoms. The number of likely N-dealkylation sites (N-methyl/N-ethyl adjacent to an activating group) is 1. The minimum Gasteiger partial charge on any atom is -0.337 e. The summed E-state index contributed by atoms with van der Waals surface area (Å²) in [6.45, 7) is 1.69. The molecule has 0 spiro atoms. The molecule has 5 nitrogen and oxygen atoms in total. The van der Waals surface area contributed by atoms with Crippen LogP contribution >= 0.6 is 0 Å². The molecule has 0 radical (unpaired) electrons. The minimum atomic E-state index is -3.29. The van der Waals surface area contributed by atoms with Crippen molar-refractivity contribution in [2.45, 2.75) is 17.4 Å².